The number of ether oxygens (including phenoxy) is 3. The molecule has 0 spiro atoms. The highest BCUT2D eigenvalue weighted by Gasteiger charge is 2.16. The van der Waals surface area contributed by atoms with Crippen molar-refractivity contribution in [2.75, 3.05) is 21.3 Å². The van der Waals surface area contributed by atoms with Gasteiger partial charge >= 0.3 is 0 Å². The zero-order valence-electron chi connectivity index (χ0n) is 18.0. The summed E-state index contributed by atoms with van der Waals surface area (Å²) >= 11 is 1.48. The highest BCUT2D eigenvalue weighted by atomic mass is 32.2. The Morgan fingerprint density at radius 1 is 1.03 bits per heavy atom. The normalized spacial score (nSPS) is 11.6. The third-order valence-corrected chi connectivity index (χ3v) is 5.87. The van der Waals surface area contributed by atoms with Gasteiger partial charge < -0.3 is 24.1 Å². The summed E-state index contributed by atoms with van der Waals surface area (Å²) in [6.07, 6.45) is 0. The van der Waals surface area contributed by atoms with Crippen molar-refractivity contribution in [2.45, 2.75) is 24.5 Å². The van der Waals surface area contributed by atoms with Crippen LogP contribution in [0, 0.1) is 0 Å². The van der Waals surface area contributed by atoms with Crippen LogP contribution in [0.25, 0.3) is 11.3 Å². The van der Waals surface area contributed by atoms with Gasteiger partial charge in [0.25, 0.3) is 0 Å². The summed E-state index contributed by atoms with van der Waals surface area (Å²) in [5, 5.41) is 6.83. The van der Waals surface area contributed by atoms with Crippen LogP contribution in [0.5, 0.6) is 17.2 Å². The van der Waals surface area contributed by atoms with Gasteiger partial charge in [-0.25, -0.2) is 0 Å². The molecule has 1 atom stereocenters. The van der Waals surface area contributed by atoms with Gasteiger partial charge in [0, 0.05) is 18.2 Å². The molecular formula is C23H26N2O5S. The molecule has 3 rings (SSSR count). The number of carbonyl (C=O) groups excluding carboxylic acids is 1. The lowest BCUT2D eigenvalue weighted by molar-refractivity contribution is -0.120. The van der Waals surface area contributed by atoms with E-state index < -0.39 is 0 Å². The van der Waals surface area contributed by atoms with Gasteiger partial charge in [-0.2, -0.15) is 0 Å². The largest absolute Gasteiger partial charge is 0.496 e. The van der Waals surface area contributed by atoms with Crippen LogP contribution < -0.4 is 19.5 Å². The zero-order valence-corrected chi connectivity index (χ0v) is 18.8. The summed E-state index contributed by atoms with van der Waals surface area (Å²) in [4.78, 5) is 12.5. The first kappa shape index (κ1) is 22.6. The summed E-state index contributed by atoms with van der Waals surface area (Å²) in [7, 11) is 4.80. The van der Waals surface area contributed by atoms with E-state index in [4.69, 9.17) is 18.7 Å². The van der Waals surface area contributed by atoms with Gasteiger partial charge in [-0.05, 0) is 36.8 Å². The van der Waals surface area contributed by atoms with E-state index in [9.17, 15) is 4.79 Å². The Kier molecular flexibility index (Phi) is 7.83. The number of amides is 1. The van der Waals surface area contributed by atoms with Gasteiger partial charge in [0.2, 0.25) is 5.91 Å². The summed E-state index contributed by atoms with van der Waals surface area (Å²) in [5.41, 5.74) is 2.50. The number of thioether (sulfide) groups is 1. The number of carbonyl (C=O) groups is 1. The standard InChI is InChI=1S/C23H26N2O5S/c1-15(23(26)24-13-16-9-10-21(28-3)22(11-16)29-4)31-14-17-12-19(25-30-17)18-7-5-6-8-20(18)27-2/h5-12,15H,13-14H2,1-4H3,(H,24,26)/t15-/m0/s1. The molecule has 0 unspecified atom stereocenters. The molecule has 1 N–H and O–H groups in total. The molecule has 0 radical (unpaired) electrons. The van der Waals surface area contributed by atoms with Gasteiger partial charge in [-0.1, -0.05) is 23.4 Å². The van der Waals surface area contributed by atoms with E-state index in [0.29, 0.717) is 35.3 Å². The SMILES string of the molecule is COc1ccc(CNC(=O)[C@H](C)SCc2cc(-c3ccccc3OC)no2)cc1OC. The molecule has 3 aromatic rings. The quantitative estimate of drug-likeness (QED) is 0.501. The highest BCUT2D eigenvalue weighted by Crippen LogP contribution is 2.30. The van der Waals surface area contributed by atoms with Crippen LogP contribution >= 0.6 is 11.8 Å². The molecular weight excluding hydrogens is 416 g/mol. The van der Waals surface area contributed by atoms with Crippen molar-refractivity contribution < 1.29 is 23.5 Å². The average molecular weight is 443 g/mol. The molecule has 1 heterocycles. The minimum atomic E-state index is -0.250. The summed E-state index contributed by atoms with van der Waals surface area (Å²) in [6, 6.07) is 15.1. The average Bonchev–Trinajstić information content (AvgIpc) is 3.29. The molecule has 0 bridgehead atoms. The second-order valence-corrected chi connectivity index (χ2v) is 8.07. The second kappa shape index (κ2) is 10.8. The lowest BCUT2D eigenvalue weighted by Gasteiger charge is -2.13. The number of aromatic nitrogens is 1. The molecule has 1 amide bonds. The summed E-state index contributed by atoms with van der Waals surface area (Å²) in [6.45, 7) is 2.27. The van der Waals surface area contributed by atoms with Crippen molar-refractivity contribution in [1.82, 2.24) is 10.5 Å². The van der Waals surface area contributed by atoms with Crippen molar-refractivity contribution >= 4 is 17.7 Å². The Labute approximate surface area is 186 Å². The van der Waals surface area contributed by atoms with Gasteiger partial charge in [-0.3, -0.25) is 4.79 Å². The highest BCUT2D eigenvalue weighted by molar-refractivity contribution is 7.99. The van der Waals surface area contributed by atoms with E-state index in [1.54, 1.807) is 21.3 Å². The molecule has 7 nitrogen and oxygen atoms in total. The first-order valence-corrected chi connectivity index (χ1v) is 10.8. The number of rotatable bonds is 10. The first-order valence-electron chi connectivity index (χ1n) is 9.75. The Morgan fingerprint density at radius 3 is 2.52 bits per heavy atom. The molecule has 0 saturated heterocycles. The predicted octanol–water partition coefficient (Wildman–Crippen LogP) is 4.31. The number of hydrogen-bond acceptors (Lipinski definition) is 7. The lowest BCUT2D eigenvalue weighted by atomic mass is 10.1. The number of nitrogens with zero attached hydrogens (tertiary/aromatic N) is 1. The van der Waals surface area contributed by atoms with Crippen LogP contribution in [0.15, 0.2) is 53.1 Å². The van der Waals surface area contributed by atoms with Crippen molar-refractivity contribution in [1.29, 1.82) is 0 Å². The molecule has 8 heteroatoms. The Bertz CT molecular complexity index is 1020. The maximum absolute atomic E-state index is 12.5. The van der Waals surface area contributed by atoms with Crippen LogP contribution in [-0.2, 0) is 17.1 Å². The Balaban J connectivity index is 1.52. The third kappa shape index (κ3) is 5.73. The fourth-order valence-corrected chi connectivity index (χ4v) is 3.76. The maximum atomic E-state index is 12.5. The molecule has 164 valence electrons. The predicted molar refractivity (Wildman–Crippen MR) is 121 cm³/mol. The van der Waals surface area contributed by atoms with Gasteiger partial charge in [0.1, 0.15) is 17.2 Å². The van der Waals surface area contributed by atoms with Crippen molar-refractivity contribution in [2.24, 2.45) is 0 Å². The number of hydrogen-bond donors (Lipinski definition) is 1. The number of nitrogens with one attached hydrogen (secondary N) is 1. The van der Waals surface area contributed by atoms with Crippen LogP contribution in [0.4, 0.5) is 0 Å². The van der Waals surface area contributed by atoms with E-state index >= 15 is 0 Å². The van der Waals surface area contributed by atoms with E-state index in [1.165, 1.54) is 11.8 Å². The van der Waals surface area contributed by atoms with E-state index in [2.05, 4.69) is 10.5 Å². The van der Waals surface area contributed by atoms with Gasteiger partial charge in [0.15, 0.2) is 11.5 Å². The third-order valence-electron chi connectivity index (χ3n) is 4.70. The minimum Gasteiger partial charge on any atom is -0.496 e. The summed E-state index contributed by atoms with van der Waals surface area (Å²) in [5.74, 6) is 3.20. The van der Waals surface area contributed by atoms with Crippen molar-refractivity contribution in [3.05, 3.63) is 59.9 Å². The van der Waals surface area contributed by atoms with E-state index in [1.807, 2.05) is 55.5 Å². The van der Waals surface area contributed by atoms with Crippen LogP contribution in [-0.4, -0.2) is 37.6 Å². The van der Waals surface area contributed by atoms with Crippen molar-refractivity contribution in [3.8, 4) is 28.5 Å². The fraction of sp³-hybridized carbons (Fsp3) is 0.304. The Hall–Kier alpha value is -3.13. The van der Waals surface area contributed by atoms with Crippen LogP contribution in [0.2, 0.25) is 0 Å². The Morgan fingerprint density at radius 2 is 1.77 bits per heavy atom. The molecule has 0 aliphatic rings. The monoisotopic (exact) mass is 442 g/mol. The molecule has 31 heavy (non-hydrogen) atoms. The molecule has 2 aromatic carbocycles. The van der Waals surface area contributed by atoms with E-state index in [0.717, 1.165) is 16.9 Å². The summed E-state index contributed by atoms with van der Waals surface area (Å²) < 4.78 is 21.4. The van der Waals surface area contributed by atoms with Crippen LogP contribution in [0.3, 0.4) is 0 Å². The van der Waals surface area contributed by atoms with Crippen LogP contribution in [0.1, 0.15) is 18.2 Å². The minimum absolute atomic E-state index is 0.0516. The maximum Gasteiger partial charge on any atom is 0.233 e. The number of methoxy groups -OCH3 is 3. The second-order valence-electron chi connectivity index (χ2n) is 6.74. The zero-order chi connectivity index (χ0) is 22.2. The first-order chi connectivity index (χ1) is 15.0. The molecule has 0 fully saturated rings. The molecule has 1 aromatic heterocycles. The number of benzene rings is 2. The smallest absolute Gasteiger partial charge is 0.233 e. The van der Waals surface area contributed by atoms with Gasteiger partial charge in [-0.15, -0.1) is 11.8 Å². The lowest BCUT2D eigenvalue weighted by Crippen LogP contribution is -2.30. The van der Waals surface area contributed by atoms with Crippen molar-refractivity contribution in [3.63, 3.8) is 0 Å². The van der Waals surface area contributed by atoms with Gasteiger partial charge in [0.05, 0.1) is 32.3 Å². The fourth-order valence-electron chi connectivity index (χ4n) is 2.97. The van der Waals surface area contributed by atoms with E-state index in [-0.39, 0.29) is 11.2 Å². The molecule has 0 aliphatic heterocycles. The molecule has 0 aliphatic carbocycles. The number of para-hydroxylation sites is 1. The topological polar surface area (TPSA) is 82.8 Å². The molecule has 0 saturated carbocycles.